The topological polar surface area (TPSA) is 33.2 Å². The summed E-state index contributed by atoms with van der Waals surface area (Å²) in [5, 5.41) is 0.105. The molecule has 2 rings (SSSR count). The fourth-order valence-corrected chi connectivity index (χ4v) is 2.77. The normalized spacial score (nSPS) is 21.1. The monoisotopic (exact) mass is 266 g/mol. The number of rotatable bonds is 3. The van der Waals surface area contributed by atoms with Crippen molar-refractivity contribution in [3.05, 3.63) is 29.6 Å². The van der Waals surface area contributed by atoms with E-state index in [9.17, 15) is 4.79 Å². The van der Waals surface area contributed by atoms with E-state index in [2.05, 4.69) is 4.98 Å². The maximum Gasteiger partial charge on any atom is 0.272 e. The van der Waals surface area contributed by atoms with Crippen molar-refractivity contribution in [1.82, 2.24) is 9.88 Å². The number of aromatic nitrogens is 1. The number of nitrogens with zero attached hydrogens (tertiary/aromatic N) is 2. The van der Waals surface area contributed by atoms with Gasteiger partial charge in [-0.1, -0.05) is 6.07 Å². The first-order valence-corrected chi connectivity index (χ1v) is 6.90. The molecule has 1 amide bonds. The number of amides is 1. The van der Waals surface area contributed by atoms with E-state index in [4.69, 9.17) is 11.6 Å². The molecule has 0 saturated carbocycles. The van der Waals surface area contributed by atoms with Crippen LogP contribution in [0.5, 0.6) is 0 Å². The molecule has 1 aliphatic heterocycles. The molecule has 1 aromatic rings. The molecular formula is C14H19ClN2O. The maximum atomic E-state index is 12.5. The van der Waals surface area contributed by atoms with Gasteiger partial charge in [0, 0.05) is 24.2 Å². The maximum absolute atomic E-state index is 12.5. The van der Waals surface area contributed by atoms with E-state index in [0.717, 1.165) is 31.4 Å². The average Bonchev–Trinajstić information content (AvgIpc) is 2.76. The van der Waals surface area contributed by atoms with Crippen LogP contribution in [-0.4, -0.2) is 33.8 Å². The van der Waals surface area contributed by atoms with Crippen molar-refractivity contribution in [3.8, 4) is 0 Å². The number of carbonyl (C=O) groups is 1. The van der Waals surface area contributed by atoms with E-state index in [1.807, 2.05) is 30.9 Å². The highest BCUT2D eigenvalue weighted by Crippen LogP contribution is 2.25. The number of carbonyl (C=O) groups excluding carboxylic acids is 1. The number of aryl methyl sites for hydroxylation is 1. The summed E-state index contributed by atoms with van der Waals surface area (Å²) in [6, 6.07) is 4.05. The molecule has 2 unspecified atom stereocenters. The molecule has 3 nitrogen and oxygen atoms in total. The number of alkyl halides is 1. The molecule has 98 valence electrons. The Morgan fingerprint density at radius 1 is 1.67 bits per heavy atom. The quantitative estimate of drug-likeness (QED) is 0.788. The molecule has 1 saturated heterocycles. The lowest BCUT2D eigenvalue weighted by Crippen LogP contribution is -2.37. The van der Waals surface area contributed by atoms with Crippen LogP contribution in [0.1, 0.15) is 42.2 Å². The second kappa shape index (κ2) is 5.70. The van der Waals surface area contributed by atoms with E-state index < -0.39 is 0 Å². The van der Waals surface area contributed by atoms with Gasteiger partial charge in [0.2, 0.25) is 0 Å². The first-order chi connectivity index (χ1) is 8.59. The minimum absolute atomic E-state index is 0.0490. The third-order valence-corrected chi connectivity index (χ3v) is 3.63. The molecule has 1 aliphatic rings. The standard InChI is InChI=1S/C14H19ClN2O/c1-10-5-3-7-16-13(10)14(18)17-8-4-6-12(17)9-11(2)15/h3,5,7,11-12H,4,6,8-9H2,1-2H3. The summed E-state index contributed by atoms with van der Waals surface area (Å²) in [5.74, 6) is 0.0490. The lowest BCUT2D eigenvalue weighted by Gasteiger charge is -2.25. The molecule has 2 atom stereocenters. The molecule has 0 aromatic carbocycles. The van der Waals surface area contributed by atoms with E-state index >= 15 is 0 Å². The Kier molecular flexibility index (Phi) is 4.23. The summed E-state index contributed by atoms with van der Waals surface area (Å²) < 4.78 is 0. The van der Waals surface area contributed by atoms with Gasteiger partial charge in [-0.2, -0.15) is 0 Å². The third kappa shape index (κ3) is 2.83. The molecule has 2 heterocycles. The molecule has 0 aliphatic carbocycles. The predicted octanol–water partition coefficient (Wildman–Crippen LogP) is 3.01. The van der Waals surface area contributed by atoms with Crippen LogP contribution in [-0.2, 0) is 0 Å². The lowest BCUT2D eigenvalue weighted by atomic mass is 10.1. The van der Waals surface area contributed by atoms with E-state index in [-0.39, 0.29) is 17.3 Å². The average molecular weight is 267 g/mol. The van der Waals surface area contributed by atoms with Gasteiger partial charge in [0.15, 0.2) is 0 Å². The Bertz CT molecular complexity index is 434. The molecule has 1 aromatic heterocycles. The van der Waals surface area contributed by atoms with Gasteiger partial charge in [-0.3, -0.25) is 9.78 Å². The molecule has 1 fully saturated rings. The number of likely N-dealkylation sites (tertiary alicyclic amines) is 1. The van der Waals surface area contributed by atoms with Crippen molar-refractivity contribution in [2.24, 2.45) is 0 Å². The SMILES string of the molecule is Cc1cccnc1C(=O)N1CCCC1CC(C)Cl. The van der Waals surface area contributed by atoms with Crippen LogP contribution >= 0.6 is 11.6 Å². The lowest BCUT2D eigenvalue weighted by molar-refractivity contribution is 0.0724. The Balaban J connectivity index is 2.15. The highest BCUT2D eigenvalue weighted by Gasteiger charge is 2.31. The van der Waals surface area contributed by atoms with Crippen LogP contribution in [0.15, 0.2) is 18.3 Å². The highest BCUT2D eigenvalue weighted by molar-refractivity contribution is 6.20. The van der Waals surface area contributed by atoms with Gasteiger partial charge in [-0.05, 0) is 44.7 Å². The summed E-state index contributed by atoms with van der Waals surface area (Å²) in [6.45, 7) is 4.73. The van der Waals surface area contributed by atoms with Crippen molar-refractivity contribution in [1.29, 1.82) is 0 Å². The van der Waals surface area contributed by atoms with Gasteiger partial charge in [0.25, 0.3) is 5.91 Å². The van der Waals surface area contributed by atoms with Gasteiger partial charge >= 0.3 is 0 Å². The van der Waals surface area contributed by atoms with Crippen molar-refractivity contribution in [2.75, 3.05) is 6.54 Å². The van der Waals surface area contributed by atoms with E-state index in [1.54, 1.807) is 6.20 Å². The van der Waals surface area contributed by atoms with E-state index in [0.29, 0.717) is 5.69 Å². The third-order valence-electron chi connectivity index (χ3n) is 3.45. The van der Waals surface area contributed by atoms with Gasteiger partial charge in [0.1, 0.15) is 5.69 Å². The van der Waals surface area contributed by atoms with Crippen LogP contribution in [0.25, 0.3) is 0 Å². The van der Waals surface area contributed by atoms with Crippen molar-refractivity contribution < 1.29 is 4.79 Å². The summed E-state index contributed by atoms with van der Waals surface area (Å²) in [7, 11) is 0. The van der Waals surface area contributed by atoms with Crippen LogP contribution in [0.4, 0.5) is 0 Å². The zero-order chi connectivity index (χ0) is 13.1. The molecule has 0 radical (unpaired) electrons. The molecular weight excluding hydrogens is 248 g/mol. The highest BCUT2D eigenvalue weighted by atomic mass is 35.5. The number of hydrogen-bond acceptors (Lipinski definition) is 2. The number of halogens is 1. The van der Waals surface area contributed by atoms with Gasteiger partial charge in [0.05, 0.1) is 0 Å². The molecule has 0 N–H and O–H groups in total. The van der Waals surface area contributed by atoms with Crippen molar-refractivity contribution in [3.63, 3.8) is 0 Å². The second-order valence-corrected chi connectivity index (χ2v) is 5.73. The van der Waals surface area contributed by atoms with Crippen LogP contribution in [0.3, 0.4) is 0 Å². The zero-order valence-electron chi connectivity index (χ0n) is 10.9. The van der Waals surface area contributed by atoms with Crippen LogP contribution < -0.4 is 0 Å². The Morgan fingerprint density at radius 2 is 2.44 bits per heavy atom. The summed E-state index contributed by atoms with van der Waals surface area (Å²) in [4.78, 5) is 18.6. The largest absolute Gasteiger partial charge is 0.334 e. The summed E-state index contributed by atoms with van der Waals surface area (Å²) >= 11 is 6.05. The van der Waals surface area contributed by atoms with Crippen LogP contribution in [0, 0.1) is 6.92 Å². The van der Waals surface area contributed by atoms with Gasteiger partial charge < -0.3 is 4.90 Å². The smallest absolute Gasteiger partial charge is 0.272 e. The van der Waals surface area contributed by atoms with Gasteiger partial charge in [-0.25, -0.2) is 0 Å². The first kappa shape index (κ1) is 13.3. The van der Waals surface area contributed by atoms with Gasteiger partial charge in [-0.15, -0.1) is 11.6 Å². The van der Waals surface area contributed by atoms with Crippen molar-refractivity contribution in [2.45, 2.75) is 44.5 Å². The molecule has 0 spiro atoms. The minimum Gasteiger partial charge on any atom is -0.334 e. The second-order valence-electron chi connectivity index (χ2n) is 4.98. The minimum atomic E-state index is 0.0490. The van der Waals surface area contributed by atoms with Crippen molar-refractivity contribution >= 4 is 17.5 Å². The number of pyridine rings is 1. The zero-order valence-corrected chi connectivity index (χ0v) is 11.7. The Hall–Kier alpha value is -1.09. The molecule has 18 heavy (non-hydrogen) atoms. The van der Waals surface area contributed by atoms with Crippen LogP contribution in [0.2, 0.25) is 0 Å². The number of hydrogen-bond donors (Lipinski definition) is 0. The Labute approximate surface area is 113 Å². The first-order valence-electron chi connectivity index (χ1n) is 6.46. The van der Waals surface area contributed by atoms with E-state index in [1.165, 1.54) is 0 Å². The Morgan fingerprint density at radius 3 is 3.11 bits per heavy atom. The fraction of sp³-hybridized carbons (Fsp3) is 0.571. The fourth-order valence-electron chi connectivity index (χ4n) is 2.57. The summed E-state index contributed by atoms with van der Waals surface area (Å²) in [5.41, 5.74) is 1.51. The molecule has 0 bridgehead atoms. The molecule has 4 heteroatoms. The summed E-state index contributed by atoms with van der Waals surface area (Å²) in [6.07, 6.45) is 4.65. The predicted molar refractivity (Wildman–Crippen MR) is 73.0 cm³/mol.